The second kappa shape index (κ2) is 16.4. The molecule has 2 aliphatic carbocycles. The third kappa shape index (κ3) is 14.4. The second-order valence-corrected chi connectivity index (χ2v) is 11.7. The predicted molar refractivity (Wildman–Crippen MR) is 152 cm³/mol. The van der Waals surface area contributed by atoms with Gasteiger partial charge in [0.15, 0.2) is 0 Å². The van der Waals surface area contributed by atoms with Crippen molar-refractivity contribution in [3.8, 4) is 0 Å². The van der Waals surface area contributed by atoms with Gasteiger partial charge in [0.1, 0.15) is 11.3 Å². The minimum atomic E-state index is -0.878. The first-order valence-corrected chi connectivity index (χ1v) is 14.5. The standard InChI is InChI=1S/C25H48N10O2S/c1-24(2,34-28-19-15-11-7-5-8-12-16-19)26-21(36)30-32-23(38)33-31-22(37)27-25(3,4)35-29-20-17-13-9-6-10-14-18-20/h19-20H,5-18H2,1-4H3,(H2,26,30,36)(H2,27,31,37)(H2,32,33,38). The van der Waals surface area contributed by atoms with E-state index in [2.05, 4.69) is 52.8 Å². The quantitative estimate of drug-likeness (QED) is 0.146. The number of hydrazine groups is 2. The highest BCUT2D eigenvalue weighted by Crippen LogP contribution is 2.22. The van der Waals surface area contributed by atoms with Gasteiger partial charge in [0.25, 0.3) is 0 Å². The summed E-state index contributed by atoms with van der Waals surface area (Å²) in [5, 5.41) is 23.2. The number of amides is 4. The molecule has 13 heteroatoms. The molecule has 216 valence electrons. The van der Waals surface area contributed by atoms with Crippen molar-refractivity contribution >= 4 is 29.4 Å². The fourth-order valence-corrected chi connectivity index (χ4v) is 4.58. The largest absolute Gasteiger partial charge is 0.335 e. The summed E-state index contributed by atoms with van der Waals surface area (Å²) in [4.78, 5) is 24.6. The van der Waals surface area contributed by atoms with Crippen LogP contribution in [0.4, 0.5) is 9.59 Å². The normalized spacial score (nSPS) is 19.1. The van der Waals surface area contributed by atoms with E-state index in [1.807, 2.05) is 0 Å². The third-order valence-electron chi connectivity index (χ3n) is 6.51. The van der Waals surface area contributed by atoms with Crippen molar-refractivity contribution in [2.45, 2.75) is 141 Å². The van der Waals surface area contributed by atoms with E-state index in [-0.39, 0.29) is 17.2 Å². The van der Waals surface area contributed by atoms with E-state index in [9.17, 15) is 9.59 Å². The van der Waals surface area contributed by atoms with Crippen molar-refractivity contribution in [3.63, 3.8) is 0 Å². The number of rotatable bonds is 6. The minimum Gasteiger partial charge on any atom is -0.311 e. The maximum Gasteiger partial charge on any atom is 0.335 e. The summed E-state index contributed by atoms with van der Waals surface area (Å²) >= 11 is 5.10. The molecule has 6 N–H and O–H groups in total. The highest BCUT2D eigenvalue weighted by atomic mass is 32.1. The van der Waals surface area contributed by atoms with Crippen LogP contribution in [-0.2, 0) is 0 Å². The Morgan fingerprint density at radius 1 is 0.579 bits per heavy atom. The number of urea groups is 2. The number of thiocarbonyl (C=S) groups is 1. The molecule has 0 aromatic heterocycles. The first kappa shape index (κ1) is 31.6. The molecule has 4 amide bonds. The van der Waals surface area contributed by atoms with Crippen LogP contribution < -0.4 is 32.3 Å². The van der Waals surface area contributed by atoms with Gasteiger partial charge in [0.05, 0.1) is 12.1 Å². The van der Waals surface area contributed by atoms with Gasteiger partial charge in [-0.25, -0.2) is 20.4 Å². The SMILES string of the molecule is CC(C)(N=NC1CCCCCCC1)NC(=O)NNC(=S)NNC(=O)NC(C)(C)N=NC1CCCCCCC1. The Balaban J connectivity index is 1.66. The van der Waals surface area contributed by atoms with E-state index in [0.717, 1.165) is 25.7 Å². The van der Waals surface area contributed by atoms with Crippen LogP contribution in [-0.4, -0.2) is 40.6 Å². The van der Waals surface area contributed by atoms with Gasteiger partial charge in [-0.2, -0.15) is 20.5 Å². The molecule has 0 radical (unpaired) electrons. The molecule has 0 heterocycles. The molecular formula is C25H48N10O2S. The lowest BCUT2D eigenvalue weighted by atomic mass is 9.97. The predicted octanol–water partition coefficient (Wildman–Crippen LogP) is 5.48. The average Bonchev–Trinajstić information content (AvgIpc) is 2.79. The maximum atomic E-state index is 12.3. The molecule has 2 rings (SSSR count). The van der Waals surface area contributed by atoms with Crippen LogP contribution in [0.1, 0.15) is 118 Å². The summed E-state index contributed by atoms with van der Waals surface area (Å²) in [6.07, 6.45) is 16.4. The van der Waals surface area contributed by atoms with Gasteiger partial charge >= 0.3 is 12.1 Å². The molecule has 0 aromatic rings. The molecule has 2 aliphatic rings. The van der Waals surface area contributed by atoms with E-state index in [0.29, 0.717) is 0 Å². The van der Waals surface area contributed by atoms with Crippen molar-refractivity contribution in [2.24, 2.45) is 20.5 Å². The number of azo groups is 2. The fourth-order valence-electron chi connectivity index (χ4n) is 4.48. The lowest BCUT2D eigenvalue weighted by Gasteiger charge is -2.23. The van der Waals surface area contributed by atoms with Crippen molar-refractivity contribution in [1.29, 1.82) is 0 Å². The Bertz CT molecular complexity index is 738. The Morgan fingerprint density at radius 3 is 1.24 bits per heavy atom. The van der Waals surface area contributed by atoms with Gasteiger partial charge in [-0.1, -0.05) is 64.2 Å². The third-order valence-corrected chi connectivity index (χ3v) is 6.71. The van der Waals surface area contributed by atoms with Crippen LogP contribution in [0.3, 0.4) is 0 Å². The smallest absolute Gasteiger partial charge is 0.311 e. The molecule has 0 aliphatic heterocycles. The molecule has 0 aromatic carbocycles. The van der Waals surface area contributed by atoms with Crippen molar-refractivity contribution in [2.75, 3.05) is 0 Å². The monoisotopic (exact) mass is 552 g/mol. The van der Waals surface area contributed by atoms with Crippen LogP contribution in [0.15, 0.2) is 20.5 Å². The zero-order valence-electron chi connectivity index (χ0n) is 23.6. The van der Waals surface area contributed by atoms with Gasteiger partial charge in [0.2, 0.25) is 5.11 Å². The van der Waals surface area contributed by atoms with Crippen LogP contribution >= 0.6 is 12.2 Å². The molecule has 2 fully saturated rings. The lowest BCUT2D eigenvalue weighted by Crippen LogP contribution is -2.58. The zero-order valence-corrected chi connectivity index (χ0v) is 24.4. The molecular weight excluding hydrogens is 504 g/mol. The van der Waals surface area contributed by atoms with Crippen molar-refractivity contribution in [1.82, 2.24) is 32.3 Å². The first-order chi connectivity index (χ1) is 18.0. The van der Waals surface area contributed by atoms with Gasteiger partial charge in [-0.05, 0) is 65.6 Å². The second-order valence-electron chi connectivity index (χ2n) is 11.3. The molecule has 0 bridgehead atoms. The zero-order chi connectivity index (χ0) is 27.9. The van der Waals surface area contributed by atoms with Crippen molar-refractivity contribution < 1.29 is 9.59 Å². The van der Waals surface area contributed by atoms with E-state index in [4.69, 9.17) is 12.2 Å². The molecule has 0 spiro atoms. The summed E-state index contributed by atoms with van der Waals surface area (Å²) in [6, 6.07) is -0.647. The van der Waals surface area contributed by atoms with Gasteiger partial charge in [-0.3, -0.25) is 10.9 Å². The first-order valence-electron chi connectivity index (χ1n) is 14.1. The molecule has 0 unspecified atom stereocenters. The average molecular weight is 553 g/mol. The summed E-state index contributed by atoms with van der Waals surface area (Å²) in [5.74, 6) is 0. The molecule has 12 nitrogen and oxygen atoms in total. The van der Waals surface area contributed by atoms with E-state index in [1.165, 1.54) is 64.2 Å². The van der Waals surface area contributed by atoms with Crippen molar-refractivity contribution in [3.05, 3.63) is 0 Å². The summed E-state index contributed by atoms with van der Waals surface area (Å²) < 4.78 is 0. The highest BCUT2D eigenvalue weighted by molar-refractivity contribution is 7.80. The molecule has 2 saturated carbocycles. The Kier molecular flexibility index (Phi) is 13.7. The number of nitrogens with one attached hydrogen (secondary N) is 6. The number of carbonyl (C=O) groups excluding carboxylic acids is 2. The van der Waals surface area contributed by atoms with Crippen LogP contribution in [0.5, 0.6) is 0 Å². The Morgan fingerprint density at radius 2 is 0.895 bits per heavy atom. The number of hydrogen-bond acceptors (Lipinski definition) is 7. The summed E-state index contributed by atoms with van der Waals surface area (Å²) in [6.45, 7) is 7.10. The summed E-state index contributed by atoms with van der Waals surface area (Å²) in [5.41, 5.74) is 8.14. The number of nitrogens with zero attached hydrogens (tertiary/aromatic N) is 4. The maximum absolute atomic E-state index is 12.3. The molecule has 0 saturated heterocycles. The number of hydrogen-bond donors (Lipinski definition) is 6. The van der Waals surface area contributed by atoms with Crippen LogP contribution in [0.25, 0.3) is 0 Å². The van der Waals surface area contributed by atoms with E-state index < -0.39 is 23.4 Å². The van der Waals surface area contributed by atoms with E-state index in [1.54, 1.807) is 27.7 Å². The van der Waals surface area contributed by atoms with Crippen LogP contribution in [0.2, 0.25) is 0 Å². The Labute approximate surface area is 232 Å². The summed E-state index contributed by atoms with van der Waals surface area (Å²) in [7, 11) is 0. The fraction of sp³-hybridized carbons (Fsp3) is 0.880. The molecule has 38 heavy (non-hydrogen) atoms. The van der Waals surface area contributed by atoms with Gasteiger partial charge in [-0.15, -0.1) is 0 Å². The highest BCUT2D eigenvalue weighted by Gasteiger charge is 2.22. The Hall–Kier alpha value is -2.57. The van der Waals surface area contributed by atoms with Gasteiger partial charge < -0.3 is 10.6 Å². The van der Waals surface area contributed by atoms with Gasteiger partial charge in [0, 0.05) is 0 Å². The molecule has 0 atom stereocenters. The topological polar surface area (TPSA) is 156 Å². The van der Waals surface area contributed by atoms with Crippen LogP contribution in [0, 0.1) is 0 Å². The lowest BCUT2D eigenvalue weighted by molar-refractivity contribution is 0.226. The minimum absolute atomic E-state index is 0.00166. The number of carbonyl (C=O) groups is 2. The van der Waals surface area contributed by atoms with E-state index >= 15 is 0 Å².